The van der Waals surface area contributed by atoms with Gasteiger partial charge in [0.2, 0.25) is 0 Å². The lowest BCUT2D eigenvalue weighted by Crippen LogP contribution is -2.45. The third-order valence-corrected chi connectivity index (χ3v) is 3.17. The van der Waals surface area contributed by atoms with Crippen molar-refractivity contribution in [1.82, 2.24) is 4.90 Å². The SMILES string of the molecule is O=S(=O)(O)CCN1CCOC(OS(=O)(=O)O)C1. The van der Waals surface area contributed by atoms with Crippen molar-refractivity contribution >= 4 is 20.5 Å². The molecule has 0 aromatic rings. The van der Waals surface area contributed by atoms with E-state index in [-0.39, 0.29) is 19.7 Å². The van der Waals surface area contributed by atoms with E-state index in [2.05, 4.69) is 4.18 Å². The van der Waals surface area contributed by atoms with Gasteiger partial charge in [-0.1, -0.05) is 0 Å². The molecule has 1 saturated heterocycles. The molecule has 11 heteroatoms. The van der Waals surface area contributed by atoms with Gasteiger partial charge in [-0.25, -0.2) is 4.18 Å². The van der Waals surface area contributed by atoms with Gasteiger partial charge in [0.1, 0.15) is 0 Å². The Morgan fingerprint density at radius 2 is 1.94 bits per heavy atom. The van der Waals surface area contributed by atoms with Crippen LogP contribution in [0.2, 0.25) is 0 Å². The lowest BCUT2D eigenvalue weighted by atomic mass is 10.4. The molecule has 0 spiro atoms. The van der Waals surface area contributed by atoms with Crippen molar-refractivity contribution in [3.8, 4) is 0 Å². The predicted molar refractivity (Wildman–Crippen MR) is 55.2 cm³/mol. The van der Waals surface area contributed by atoms with E-state index in [1.807, 2.05) is 0 Å². The first-order chi connectivity index (χ1) is 7.66. The summed E-state index contributed by atoms with van der Waals surface area (Å²) < 4.78 is 67.9. The minimum atomic E-state index is -4.61. The molecule has 0 radical (unpaired) electrons. The molecule has 9 nitrogen and oxygen atoms in total. The van der Waals surface area contributed by atoms with Crippen LogP contribution in [0.5, 0.6) is 0 Å². The van der Waals surface area contributed by atoms with Crippen LogP contribution in [-0.4, -0.2) is 69.1 Å². The highest BCUT2D eigenvalue weighted by atomic mass is 32.3. The Morgan fingerprint density at radius 3 is 2.47 bits per heavy atom. The van der Waals surface area contributed by atoms with E-state index >= 15 is 0 Å². The molecule has 1 atom stereocenters. The summed E-state index contributed by atoms with van der Waals surface area (Å²) in [5.41, 5.74) is 0. The fourth-order valence-corrected chi connectivity index (χ4v) is 2.19. The van der Waals surface area contributed by atoms with Crippen LogP contribution in [0.3, 0.4) is 0 Å². The maximum absolute atomic E-state index is 10.5. The molecule has 1 aliphatic rings. The number of ether oxygens (including phenoxy) is 1. The molecule has 1 aliphatic heterocycles. The summed E-state index contributed by atoms with van der Waals surface area (Å²) in [5.74, 6) is -0.467. The van der Waals surface area contributed by atoms with Gasteiger partial charge in [0.05, 0.1) is 18.9 Å². The third kappa shape index (κ3) is 6.88. The van der Waals surface area contributed by atoms with Crippen LogP contribution in [-0.2, 0) is 29.4 Å². The van der Waals surface area contributed by atoms with Crippen molar-refractivity contribution < 1.29 is 34.9 Å². The van der Waals surface area contributed by atoms with Crippen LogP contribution in [0, 0.1) is 0 Å². The Balaban J connectivity index is 2.44. The molecule has 17 heavy (non-hydrogen) atoms. The Kier molecular flexibility index (Phi) is 4.83. The van der Waals surface area contributed by atoms with Gasteiger partial charge in [0.25, 0.3) is 10.1 Å². The van der Waals surface area contributed by atoms with Crippen molar-refractivity contribution in [2.24, 2.45) is 0 Å². The van der Waals surface area contributed by atoms with Crippen LogP contribution in [0.15, 0.2) is 0 Å². The van der Waals surface area contributed by atoms with E-state index in [9.17, 15) is 16.8 Å². The molecular weight excluding hydrogens is 278 g/mol. The summed E-state index contributed by atoms with van der Waals surface area (Å²) in [7, 11) is -8.68. The summed E-state index contributed by atoms with van der Waals surface area (Å²) in [6.07, 6.45) is -1.18. The Hall–Kier alpha value is -0.300. The lowest BCUT2D eigenvalue weighted by molar-refractivity contribution is -0.129. The summed E-state index contributed by atoms with van der Waals surface area (Å²) in [4.78, 5) is 1.53. The topological polar surface area (TPSA) is 130 Å². The third-order valence-electron chi connectivity index (χ3n) is 2.01. The monoisotopic (exact) mass is 291 g/mol. The van der Waals surface area contributed by atoms with E-state index in [1.54, 1.807) is 0 Å². The number of morpholine rings is 1. The molecular formula is C6H13NO8S2. The van der Waals surface area contributed by atoms with Gasteiger partial charge in [0.15, 0.2) is 6.29 Å². The molecule has 0 aromatic heterocycles. The molecule has 0 amide bonds. The molecule has 0 aromatic carbocycles. The largest absolute Gasteiger partial charge is 0.399 e. The van der Waals surface area contributed by atoms with Crippen LogP contribution in [0.4, 0.5) is 0 Å². The zero-order valence-corrected chi connectivity index (χ0v) is 10.4. The fourth-order valence-electron chi connectivity index (χ4n) is 1.31. The first kappa shape index (κ1) is 14.8. The Labute approximate surface area is 99.0 Å². The van der Waals surface area contributed by atoms with E-state index in [0.29, 0.717) is 6.54 Å². The molecule has 0 bridgehead atoms. The zero-order chi connectivity index (χ0) is 13.1. The first-order valence-corrected chi connectivity index (χ1v) is 7.58. The van der Waals surface area contributed by atoms with E-state index in [4.69, 9.17) is 13.8 Å². The number of nitrogens with zero attached hydrogens (tertiary/aromatic N) is 1. The van der Waals surface area contributed by atoms with E-state index < -0.39 is 32.6 Å². The van der Waals surface area contributed by atoms with Crippen LogP contribution in [0.25, 0.3) is 0 Å². The average molecular weight is 291 g/mol. The van der Waals surface area contributed by atoms with Gasteiger partial charge in [-0.2, -0.15) is 16.8 Å². The molecule has 1 rings (SSSR count). The number of hydrogen-bond acceptors (Lipinski definition) is 7. The maximum Gasteiger partial charge on any atom is 0.399 e. The van der Waals surface area contributed by atoms with Crippen molar-refractivity contribution in [3.63, 3.8) is 0 Å². The van der Waals surface area contributed by atoms with E-state index in [1.165, 1.54) is 4.90 Å². The highest BCUT2D eigenvalue weighted by Crippen LogP contribution is 2.08. The summed E-state index contributed by atoms with van der Waals surface area (Å²) in [5, 5.41) is 0. The Bertz CT molecular complexity index is 443. The van der Waals surface area contributed by atoms with E-state index in [0.717, 1.165) is 0 Å². The van der Waals surface area contributed by atoms with Gasteiger partial charge >= 0.3 is 10.4 Å². The molecule has 1 unspecified atom stereocenters. The minimum Gasteiger partial charge on any atom is -0.349 e. The second-order valence-corrected chi connectivity index (χ2v) is 6.03. The smallest absolute Gasteiger partial charge is 0.349 e. The molecule has 0 aliphatic carbocycles. The number of hydrogen-bond donors (Lipinski definition) is 2. The van der Waals surface area contributed by atoms with Crippen molar-refractivity contribution in [2.75, 3.05) is 32.0 Å². The summed E-state index contributed by atoms with van der Waals surface area (Å²) in [6.45, 7) is 0.509. The van der Waals surface area contributed by atoms with Crippen LogP contribution >= 0.6 is 0 Å². The van der Waals surface area contributed by atoms with Crippen LogP contribution in [0.1, 0.15) is 0 Å². The molecule has 0 saturated carbocycles. The average Bonchev–Trinajstić information content (AvgIpc) is 2.11. The Morgan fingerprint density at radius 1 is 1.29 bits per heavy atom. The molecule has 102 valence electrons. The highest BCUT2D eigenvalue weighted by Gasteiger charge is 2.25. The predicted octanol–water partition coefficient (Wildman–Crippen LogP) is -1.65. The summed E-state index contributed by atoms with van der Waals surface area (Å²) >= 11 is 0. The highest BCUT2D eigenvalue weighted by molar-refractivity contribution is 7.85. The standard InChI is InChI=1S/C6H13NO8S2/c8-16(9,10)4-2-7-1-3-14-6(5-7)15-17(11,12)13/h6H,1-5H2,(H,8,9,10)(H,11,12,13). The fraction of sp³-hybridized carbons (Fsp3) is 1.00. The first-order valence-electron chi connectivity index (χ1n) is 4.60. The van der Waals surface area contributed by atoms with Crippen molar-refractivity contribution in [3.05, 3.63) is 0 Å². The van der Waals surface area contributed by atoms with Crippen molar-refractivity contribution in [2.45, 2.75) is 6.29 Å². The zero-order valence-electron chi connectivity index (χ0n) is 8.72. The second kappa shape index (κ2) is 5.56. The summed E-state index contributed by atoms with van der Waals surface area (Å²) in [6, 6.07) is 0. The van der Waals surface area contributed by atoms with Gasteiger partial charge < -0.3 is 4.74 Å². The maximum atomic E-state index is 10.5. The van der Waals surface area contributed by atoms with Crippen LogP contribution < -0.4 is 0 Å². The van der Waals surface area contributed by atoms with Gasteiger partial charge in [-0.15, -0.1) is 0 Å². The van der Waals surface area contributed by atoms with Gasteiger partial charge in [0, 0.05) is 13.1 Å². The number of rotatable bonds is 5. The molecule has 1 fully saturated rings. The second-order valence-electron chi connectivity index (χ2n) is 3.41. The minimum absolute atomic E-state index is 0.0185. The normalized spacial score (nSPS) is 23.8. The lowest BCUT2D eigenvalue weighted by Gasteiger charge is -2.31. The quantitative estimate of drug-likeness (QED) is 0.572. The van der Waals surface area contributed by atoms with Gasteiger partial charge in [-0.05, 0) is 0 Å². The van der Waals surface area contributed by atoms with Crippen molar-refractivity contribution in [1.29, 1.82) is 0 Å². The van der Waals surface area contributed by atoms with Gasteiger partial charge in [-0.3, -0.25) is 14.0 Å². The molecule has 2 N–H and O–H groups in total. The molecule has 1 heterocycles.